The topological polar surface area (TPSA) is 12.9 Å². The van der Waals surface area contributed by atoms with Crippen LogP contribution in [0.15, 0.2) is 54.9 Å². The Morgan fingerprint density at radius 1 is 0.722 bits per heavy atom. The van der Waals surface area contributed by atoms with E-state index >= 15 is 0 Å². The van der Waals surface area contributed by atoms with Crippen LogP contribution in [0.3, 0.4) is 0 Å². The van der Waals surface area contributed by atoms with E-state index in [4.69, 9.17) is 0 Å². The lowest BCUT2D eigenvalue weighted by molar-refractivity contribution is 0.858. The van der Waals surface area contributed by atoms with Gasteiger partial charge in [-0.25, -0.2) is 0 Å². The summed E-state index contributed by atoms with van der Waals surface area (Å²) >= 11 is 0. The molecule has 18 heavy (non-hydrogen) atoms. The summed E-state index contributed by atoms with van der Waals surface area (Å²) in [5, 5.41) is 0. The van der Waals surface area contributed by atoms with Gasteiger partial charge < -0.3 is 0 Å². The number of hydrogen-bond donors (Lipinski definition) is 0. The Morgan fingerprint density at radius 2 is 1.28 bits per heavy atom. The lowest BCUT2D eigenvalue weighted by atomic mass is 10.0. The molecule has 0 atom stereocenters. The summed E-state index contributed by atoms with van der Waals surface area (Å²) in [5.41, 5.74) is 2.72. The fourth-order valence-electron chi connectivity index (χ4n) is 1.56. The maximum absolute atomic E-state index is 4.01. The van der Waals surface area contributed by atoms with Crippen molar-refractivity contribution >= 4 is 0 Å². The Hall–Kier alpha value is -1.63. The van der Waals surface area contributed by atoms with E-state index in [0.29, 0.717) is 11.8 Å². The molecule has 1 nitrogen and oxygen atoms in total. The van der Waals surface area contributed by atoms with Crippen LogP contribution < -0.4 is 0 Å². The third kappa shape index (κ3) is 5.13. The Labute approximate surface area is 111 Å². The predicted octanol–water partition coefficient (Wildman–Crippen LogP) is 5.02. The molecule has 0 bridgehead atoms. The molecular formula is C17H23N. The highest BCUT2D eigenvalue weighted by Gasteiger charge is 1.94. The van der Waals surface area contributed by atoms with Crippen molar-refractivity contribution in [3.8, 4) is 0 Å². The number of hydrogen-bond acceptors (Lipinski definition) is 1. The van der Waals surface area contributed by atoms with Crippen LogP contribution in [-0.2, 0) is 0 Å². The van der Waals surface area contributed by atoms with E-state index < -0.39 is 0 Å². The highest BCUT2D eigenvalue weighted by Crippen LogP contribution is 2.11. The van der Waals surface area contributed by atoms with Crippen LogP contribution in [0.4, 0.5) is 0 Å². The van der Waals surface area contributed by atoms with Crippen molar-refractivity contribution in [2.24, 2.45) is 0 Å². The Balaban J connectivity index is 0.000000180. The molecule has 1 aromatic carbocycles. The van der Waals surface area contributed by atoms with Gasteiger partial charge in [-0.3, -0.25) is 4.98 Å². The minimum absolute atomic E-state index is 0.596. The van der Waals surface area contributed by atoms with Crippen molar-refractivity contribution in [1.29, 1.82) is 0 Å². The molecule has 0 radical (unpaired) electrons. The number of pyridine rings is 1. The van der Waals surface area contributed by atoms with Crippen LogP contribution >= 0.6 is 0 Å². The Kier molecular flexibility index (Phi) is 6.13. The zero-order valence-corrected chi connectivity index (χ0v) is 11.8. The summed E-state index contributed by atoms with van der Waals surface area (Å²) in [6.07, 6.45) is 3.70. The van der Waals surface area contributed by atoms with Crippen molar-refractivity contribution < 1.29 is 0 Å². The van der Waals surface area contributed by atoms with Crippen molar-refractivity contribution in [3.63, 3.8) is 0 Å². The van der Waals surface area contributed by atoms with Gasteiger partial charge in [-0.05, 0) is 29.0 Å². The predicted molar refractivity (Wildman–Crippen MR) is 78.9 cm³/mol. The molecule has 0 fully saturated rings. The molecule has 0 N–H and O–H groups in total. The first kappa shape index (κ1) is 14.4. The van der Waals surface area contributed by atoms with Crippen LogP contribution in [0.5, 0.6) is 0 Å². The average Bonchev–Trinajstić information content (AvgIpc) is 2.41. The van der Waals surface area contributed by atoms with Gasteiger partial charge in [0.2, 0.25) is 0 Å². The lowest BCUT2D eigenvalue weighted by Crippen LogP contribution is -1.85. The second-order valence-corrected chi connectivity index (χ2v) is 5.01. The van der Waals surface area contributed by atoms with E-state index in [-0.39, 0.29) is 0 Å². The second-order valence-electron chi connectivity index (χ2n) is 5.01. The Morgan fingerprint density at radius 3 is 1.61 bits per heavy atom. The van der Waals surface area contributed by atoms with Crippen molar-refractivity contribution in [3.05, 3.63) is 66.0 Å². The third-order valence-corrected chi connectivity index (χ3v) is 2.82. The molecule has 96 valence electrons. The molecule has 1 aromatic heterocycles. The lowest BCUT2D eigenvalue weighted by Gasteiger charge is -2.01. The van der Waals surface area contributed by atoms with Crippen molar-refractivity contribution in [2.75, 3.05) is 0 Å². The van der Waals surface area contributed by atoms with Gasteiger partial charge in [0.25, 0.3) is 0 Å². The SMILES string of the molecule is CC(C)c1ccccc1.CC(C)c1cccnc1. The smallest absolute Gasteiger partial charge is 0.0302 e. The number of rotatable bonds is 2. The summed E-state index contributed by atoms with van der Waals surface area (Å²) in [4.78, 5) is 4.01. The van der Waals surface area contributed by atoms with Crippen molar-refractivity contribution in [2.45, 2.75) is 39.5 Å². The fraction of sp³-hybridized carbons (Fsp3) is 0.353. The minimum Gasteiger partial charge on any atom is -0.264 e. The van der Waals surface area contributed by atoms with E-state index in [9.17, 15) is 0 Å². The zero-order chi connectivity index (χ0) is 13.4. The van der Waals surface area contributed by atoms with Gasteiger partial charge in [-0.15, -0.1) is 0 Å². The van der Waals surface area contributed by atoms with Gasteiger partial charge >= 0.3 is 0 Å². The largest absolute Gasteiger partial charge is 0.264 e. The van der Waals surface area contributed by atoms with Gasteiger partial charge in [0, 0.05) is 12.4 Å². The molecule has 2 aromatic rings. The Bertz CT molecular complexity index is 374. The first-order valence-corrected chi connectivity index (χ1v) is 6.56. The fourth-order valence-corrected chi connectivity index (χ4v) is 1.56. The number of benzene rings is 1. The van der Waals surface area contributed by atoms with Gasteiger partial charge in [0.15, 0.2) is 0 Å². The summed E-state index contributed by atoms with van der Waals surface area (Å²) in [5.74, 6) is 1.25. The maximum Gasteiger partial charge on any atom is 0.0302 e. The summed E-state index contributed by atoms with van der Waals surface area (Å²) in [6.45, 7) is 8.73. The summed E-state index contributed by atoms with van der Waals surface area (Å²) in [7, 11) is 0. The zero-order valence-electron chi connectivity index (χ0n) is 11.8. The molecule has 0 amide bonds. The molecule has 0 spiro atoms. The van der Waals surface area contributed by atoms with E-state index in [1.807, 2.05) is 18.3 Å². The second kappa shape index (κ2) is 7.65. The first-order chi connectivity index (χ1) is 8.61. The molecule has 0 aliphatic rings. The van der Waals surface area contributed by atoms with Crippen LogP contribution in [0.2, 0.25) is 0 Å². The minimum atomic E-state index is 0.596. The van der Waals surface area contributed by atoms with Crippen LogP contribution in [0.1, 0.15) is 50.7 Å². The van der Waals surface area contributed by atoms with Gasteiger partial charge in [0.05, 0.1) is 0 Å². The van der Waals surface area contributed by atoms with E-state index in [2.05, 4.69) is 63.0 Å². The molecular weight excluding hydrogens is 218 g/mol. The third-order valence-electron chi connectivity index (χ3n) is 2.82. The van der Waals surface area contributed by atoms with Gasteiger partial charge in [-0.1, -0.05) is 64.1 Å². The average molecular weight is 241 g/mol. The van der Waals surface area contributed by atoms with E-state index in [1.54, 1.807) is 6.20 Å². The molecule has 0 aliphatic carbocycles. The molecule has 0 saturated carbocycles. The molecule has 2 rings (SSSR count). The number of aromatic nitrogens is 1. The quantitative estimate of drug-likeness (QED) is 0.719. The first-order valence-electron chi connectivity index (χ1n) is 6.56. The van der Waals surface area contributed by atoms with Crippen molar-refractivity contribution in [1.82, 2.24) is 4.98 Å². The normalized spacial score (nSPS) is 10.1. The molecule has 0 unspecified atom stereocenters. The van der Waals surface area contributed by atoms with Crippen LogP contribution in [0.25, 0.3) is 0 Å². The number of nitrogens with zero attached hydrogens (tertiary/aromatic N) is 1. The van der Waals surface area contributed by atoms with Gasteiger partial charge in [-0.2, -0.15) is 0 Å². The van der Waals surface area contributed by atoms with E-state index in [1.165, 1.54) is 11.1 Å². The monoisotopic (exact) mass is 241 g/mol. The highest BCUT2D eigenvalue weighted by atomic mass is 14.6. The molecule has 0 saturated heterocycles. The van der Waals surface area contributed by atoms with Crippen LogP contribution in [-0.4, -0.2) is 4.98 Å². The standard InChI is InChI=1S/C9H12.C8H11N/c1-8(2)9-6-4-3-5-7-9;1-7(2)8-4-3-5-9-6-8/h3-8H,1-2H3;3-7H,1-2H3. The van der Waals surface area contributed by atoms with E-state index in [0.717, 1.165) is 0 Å². The van der Waals surface area contributed by atoms with Crippen LogP contribution in [0, 0.1) is 0 Å². The molecule has 1 heteroatoms. The molecule has 0 aliphatic heterocycles. The maximum atomic E-state index is 4.01. The molecule has 1 heterocycles. The summed E-state index contributed by atoms with van der Waals surface area (Å²) in [6, 6.07) is 14.6. The summed E-state index contributed by atoms with van der Waals surface area (Å²) < 4.78 is 0. The van der Waals surface area contributed by atoms with Gasteiger partial charge in [0.1, 0.15) is 0 Å². The highest BCUT2D eigenvalue weighted by molar-refractivity contribution is 5.17.